The Morgan fingerprint density at radius 2 is 1.93 bits per heavy atom. The highest BCUT2D eigenvalue weighted by Gasteiger charge is 2.23. The molecule has 3 aromatic rings. The molecule has 1 aliphatic heterocycles. The molecule has 152 valence electrons. The molecule has 29 heavy (non-hydrogen) atoms. The topological polar surface area (TPSA) is 57.4 Å². The number of carbonyl (C=O) groups excluding carboxylic acids is 1. The number of hydrogen-bond acceptors (Lipinski definition) is 4. The smallest absolute Gasteiger partial charge is 0.255 e. The number of pyridine rings is 1. The van der Waals surface area contributed by atoms with Gasteiger partial charge < -0.3 is 24.0 Å². The fourth-order valence-electron chi connectivity index (χ4n) is 3.93. The van der Waals surface area contributed by atoms with Crippen LogP contribution in [0.1, 0.15) is 28.8 Å². The van der Waals surface area contributed by atoms with Gasteiger partial charge in [-0.15, -0.1) is 0 Å². The molecule has 3 heterocycles. The number of aromatic nitrogens is 1. The number of aliphatic hydroxyl groups excluding tert-OH is 1. The number of piperidine rings is 1. The second-order valence-corrected chi connectivity index (χ2v) is 7.66. The molecule has 6 heteroatoms. The summed E-state index contributed by atoms with van der Waals surface area (Å²) in [6, 6.07) is 16.0. The van der Waals surface area contributed by atoms with Crippen molar-refractivity contribution in [3.8, 4) is 5.75 Å². The molecule has 1 fully saturated rings. The van der Waals surface area contributed by atoms with E-state index in [-0.39, 0.29) is 5.91 Å². The van der Waals surface area contributed by atoms with Gasteiger partial charge in [0.1, 0.15) is 11.6 Å². The SMILES string of the molecule is COc1ccc(CN(C)c2ccc3ccc(C(=O)N4CCCC(O)C4)cn23)cc1. The summed E-state index contributed by atoms with van der Waals surface area (Å²) in [6.45, 7) is 1.85. The Kier molecular flexibility index (Phi) is 5.45. The summed E-state index contributed by atoms with van der Waals surface area (Å²) >= 11 is 0. The van der Waals surface area contributed by atoms with Crippen molar-refractivity contribution in [2.45, 2.75) is 25.5 Å². The first-order valence-corrected chi connectivity index (χ1v) is 9.97. The molecule has 1 aliphatic rings. The van der Waals surface area contributed by atoms with Gasteiger partial charge in [-0.2, -0.15) is 0 Å². The number of ether oxygens (including phenoxy) is 1. The Morgan fingerprint density at radius 3 is 2.66 bits per heavy atom. The van der Waals surface area contributed by atoms with Crippen molar-refractivity contribution in [3.05, 3.63) is 65.9 Å². The van der Waals surface area contributed by atoms with Gasteiger partial charge in [-0.05, 0) is 54.8 Å². The van der Waals surface area contributed by atoms with Crippen molar-refractivity contribution in [1.29, 1.82) is 0 Å². The van der Waals surface area contributed by atoms with E-state index < -0.39 is 6.10 Å². The molecule has 1 saturated heterocycles. The van der Waals surface area contributed by atoms with Gasteiger partial charge in [0.15, 0.2) is 0 Å². The third-order valence-corrected chi connectivity index (χ3v) is 5.53. The van der Waals surface area contributed by atoms with Gasteiger partial charge in [0.2, 0.25) is 0 Å². The van der Waals surface area contributed by atoms with E-state index in [2.05, 4.69) is 33.6 Å². The zero-order valence-corrected chi connectivity index (χ0v) is 16.9. The molecule has 1 N–H and O–H groups in total. The zero-order chi connectivity index (χ0) is 20.4. The quantitative estimate of drug-likeness (QED) is 0.723. The van der Waals surface area contributed by atoms with E-state index in [1.54, 1.807) is 12.0 Å². The summed E-state index contributed by atoms with van der Waals surface area (Å²) in [5.74, 6) is 1.84. The lowest BCUT2D eigenvalue weighted by Gasteiger charge is -2.30. The number of likely N-dealkylation sites (tertiary alicyclic amines) is 1. The second kappa shape index (κ2) is 8.17. The molecule has 0 bridgehead atoms. The predicted octanol–water partition coefficient (Wildman–Crippen LogP) is 3.18. The van der Waals surface area contributed by atoms with Gasteiger partial charge in [0, 0.05) is 38.4 Å². The summed E-state index contributed by atoms with van der Waals surface area (Å²) in [4.78, 5) is 16.8. The van der Waals surface area contributed by atoms with Gasteiger partial charge in [-0.25, -0.2) is 0 Å². The van der Waals surface area contributed by atoms with Crippen molar-refractivity contribution in [1.82, 2.24) is 9.30 Å². The van der Waals surface area contributed by atoms with Crippen LogP contribution in [0.15, 0.2) is 54.7 Å². The van der Waals surface area contributed by atoms with Crippen LogP contribution in [0.25, 0.3) is 5.52 Å². The second-order valence-electron chi connectivity index (χ2n) is 7.66. The number of fused-ring (bicyclic) bond motifs is 1. The highest BCUT2D eigenvalue weighted by atomic mass is 16.5. The van der Waals surface area contributed by atoms with Gasteiger partial charge in [0.05, 0.1) is 18.8 Å². The highest BCUT2D eigenvalue weighted by molar-refractivity contribution is 5.94. The lowest BCUT2D eigenvalue weighted by molar-refractivity contribution is 0.0473. The minimum atomic E-state index is -0.422. The third-order valence-electron chi connectivity index (χ3n) is 5.53. The maximum absolute atomic E-state index is 12.9. The molecule has 4 rings (SSSR count). The van der Waals surface area contributed by atoms with Crippen molar-refractivity contribution in [3.63, 3.8) is 0 Å². The maximum atomic E-state index is 12.9. The number of hydrogen-bond donors (Lipinski definition) is 1. The molecule has 0 radical (unpaired) electrons. The number of benzene rings is 1. The first-order valence-electron chi connectivity index (χ1n) is 9.97. The number of β-amino-alcohol motifs (C(OH)–C–C–N with tert-alkyl or cyclic N) is 1. The largest absolute Gasteiger partial charge is 0.497 e. The van der Waals surface area contributed by atoms with Crippen molar-refractivity contribution in [2.24, 2.45) is 0 Å². The van der Waals surface area contributed by atoms with Gasteiger partial charge in [0.25, 0.3) is 5.91 Å². The fraction of sp³-hybridized carbons (Fsp3) is 0.348. The monoisotopic (exact) mass is 393 g/mol. The Bertz CT molecular complexity index is 996. The highest BCUT2D eigenvalue weighted by Crippen LogP contribution is 2.23. The Hall–Kier alpha value is -2.99. The number of aliphatic hydroxyl groups is 1. The summed E-state index contributed by atoms with van der Waals surface area (Å²) in [7, 11) is 3.71. The first kappa shape index (κ1) is 19.3. The standard InChI is InChI=1S/C23H27N3O3/c1-24(14-17-5-10-21(29-2)11-6-17)22-12-9-19-8-7-18(15-26(19)22)23(28)25-13-3-4-20(27)16-25/h5-12,15,20,27H,3-4,13-14,16H2,1-2H3. The van der Waals surface area contributed by atoms with Crippen LogP contribution >= 0.6 is 0 Å². The molecule has 6 nitrogen and oxygen atoms in total. The van der Waals surface area contributed by atoms with E-state index >= 15 is 0 Å². The van der Waals surface area contributed by atoms with E-state index in [1.807, 2.05) is 37.5 Å². The van der Waals surface area contributed by atoms with E-state index in [0.29, 0.717) is 18.7 Å². The van der Waals surface area contributed by atoms with Crippen LogP contribution < -0.4 is 9.64 Å². The summed E-state index contributed by atoms with van der Waals surface area (Å²) in [5.41, 5.74) is 2.86. The van der Waals surface area contributed by atoms with Gasteiger partial charge in [-0.1, -0.05) is 12.1 Å². The number of anilines is 1. The molecule has 1 amide bonds. The summed E-state index contributed by atoms with van der Waals surface area (Å²) < 4.78 is 7.28. The van der Waals surface area contributed by atoms with Crippen molar-refractivity contribution in [2.75, 3.05) is 32.1 Å². The molecule has 0 spiro atoms. The van der Waals surface area contributed by atoms with Gasteiger partial charge in [-0.3, -0.25) is 4.79 Å². The Morgan fingerprint density at radius 1 is 1.17 bits per heavy atom. The van der Waals surface area contributed by atoms with Gasteiger partial charge >= 0.3 is 0 Å². The zero-order valence-electron chi connectivity index (χ0n) is 16.9. The molecule has 0 saturated carbocycles. The summed E-state index contributed by atoms with van der Waals surface area (Å²) in [6.07, 6.45) is 3.09. The molecule has 2 aromatic heterocycles. The number of rotatable bonds is 5. The molecule has 0 aliphatic carbocycles. The minimum Gasteiger partial charge on any atom is -0.497 e. The summed E-state index contributed by atoms with van der Waals surface area (Å²) in [5, 5.41) is 9.89. The van der Waals surface area contributed by atoms with E-state index in [9.17, 15) is 9.90 Å². The molecule has 1 unspecified atom stereocenters. The van der Waals surface area contributed by atoms with Crippen LogP contribution in [-0.2, 0) is 6.54 Å². The predicted molar refractivity (Wildman–Crippen MR) is 114 cm³/mol. The Balaban J connectivity index is 1.56. The average Bonchev–Trinajstić information content (AvgIpc) is 3.17. The molecular weight excluding hydrogens is 366 g/mol. The molecular formula is C23H27N3O3. The number of methoxy groups -OCH3 is 1. The lowest BCUT2D eigenvalue weighted by atomic mass is 10.1. The normalized spacial score (nSPS) is 16.8. The van der Waals surface area contributed by atoms with Crippen LogP contribution in [0.5, 0.6) is 5.75 Å². The van der Waals surface area contributed by atoms with Crippen LogP contribution in [0.4, 0.5) is 5.82 Å². The minimum absolute atomic E-state index is 0.0249. The number of amides is 1. The molecule has 1 atom stereocenters. The fourth-order valence-corrected chi connectivity index (χ4v) is 3.93. The van der Waals surface area contributed by atoms with Crippen molar-refractivity contribution >= 4 is 17.2 Å². The van der Waals surface area contributed by atoms with Crippen LogP contribution in [-0.4, -0.2) is 53.7 Å². The van der Waals surface area contributed by atoms with Crippen LogP contribution in [0.2, 0.25) is 0 Å². The van der Waals surface area contributed by atoms with E-state index in [4.69, 9.17) is 4.74 Å². The van der Waals surface area contributed by atoms with Crippen molar-refractivity contribution < 1.29 is 14.6 Å². The van der Waals surface area contributed by atoms with Crippen LogP contribution in [0.3, 0.4) is 0 Å². The number of nitrogens with zero attached hydrogens (tertiary/aromatic N) is 3. The van der Waals surface area contributed by atoms with Crippen LogP contribution in [0, 0.1) is 0 Å². The third kappa shape index (κ3) is 4.07. The lowest BCUT2D eigenvalue weighted by Crippen LogP contribution is -2.42. The average molecular weight is 393 g/mol. The number of carbonyl (C=O) groups is 1. The first-order chi connectivity index (χ1) is 14.0. The molecule has 1 aromatic carbocycles. The Labute approximate surface area is 170 Å². The van der Waals surface area contributed by atoms with E-state index in [0.717, 1.165) is 36.5 Å². The maximum Gasteiger partial charge on any atom is 0.255 e. The van der Waals surface area contributed by atoms with E-state index in [1.165, 1.54) is 5.56 Å².